The van der Waals surface area contributed by atoms with Crippen molar-refractivity contribution in [3.8, 4) is 5.75 Å². The minimum atomic E-state index is 0.404. The average Bonchev–Trinajstić information content (AvgIpc) is 2.90. The van der Waals surface area contributed by atoms with Gasteiger partial charge in [-0.05, 0) is 49.6 Å². The third-order valence-corrected chi connectivity index (χ3v) is 3.95. The molecule has 2 aromatic rings. The lowest BCUT2D eigenvalue weighted by Crippen LogP contribution is -2.13. The molecule has 0 aliphatic heterocycles. The number of hydrogen-bond acceptors (Lipinski definition) is 2. The largest absolute Gasteiger partial charge is 0.493 e. The summed E-state index contributed by atoms with van der Waals surface area (Å²) in [6.45, 7) is 7.06. The Kier molecular flexibility index (Phi) is 5.24. The summed E-state index contributed by atoms with van der Waals surface area (Å²) >= 11 is 3.51. The van der Waals surface area contributed by atoms with E-state index in [-0.39, 0.29) is 0 Å². The Bertz CT molecular complexity index is 529. The Morgan fingerprint density at radius 1 is 1.30 bits per heavy atom. The third kappa shape index (κ3) is 3.63. The van der Waals surface area contributed by atoms with E-state index in [1.54, 1.807) is 0 Å². The van der Waals surface area contributed by atoms with Gasteiger partial charge >= 0.3 is 0 Å². The highest BCUT2D eigenvalue weighted by Gasteiger charge is 2.10. The molecule has 0 aliphatic rings. The van der Waals surface area contributed by atoms with Gasteiger partial charge in [0.05, 0.1) is 12.6 Å². The molecule has 0 saturated carbocycles. The SMILES string of the molecule is CCC(CCOc1c(C)cc(Br)cc1C)n1cccn1. The van der Waals surface area contributed by atoms with E-state index in [2.05, 4.69) is 53.9 Å². The van der Waals surface area contributed by atoms with Gasteiger partial charge in [-0.1, -0.05) is 22.9 Å². The first-order valence-corrected chi connectivity index (χ1v) is 7.79. The zero-order chi connectivity index (χ0) is 14.5. The molecule has 1 aromatic carbocycles. The number of aryl methyl sites for hydroxylation is 2. The van der Waals surface area contributed by atoms with Gasteiger partial charge in [-0.3, -0.25) is 4.68 Å². The normalized spacial score (nSPS) is 12.4. The Balaban J connectivity index is 1.96. The van der Waals surface area contributed by atoms with Crippen LogP contribution in [0.3, 0.4) is 0 Å². The van der Waals surface area contributed by atoms with Crippen molar-refractivity contribution in [3.05, 3.63) is 46.2 Å². The monoisotopic (exact) mass is 336 g/mol. The second-order valence-corrected chi connectivity index (χ2v) is 5.97. The summed E-state index contributed by atoms with van der Waals surface area (Å²) in [5.74, 6) is 1.00. The summed E-state index contributed by atoms with van der Waals surface area (Å²) in [7, 11) is 0. The first-order valence-electron chi connectivity index (χ1n) is 7.00. The van der Waals surface area contributed by atoms with E-state index in [0.717, 1.165) is 23.1 Å². The number of hydrogen-bond donors (Lipinski definition) is 0. The Hall–Kier alpha value is -1.29. The Labute approximate surface area is 129 Å². The minimum Gasteiger partial charge on any atom is -0.493 e. The van der Waals surface area contributed by atoms with E-state index in [4.69, 9.17) is 4.74 Å². The number of rotatable bonds is 6. The van der Waals surface area contributed by atoms with Crippen molar-refractivity contribution in [2.75, 3.05) is 6.61 Å². The van der Waals surface area contributed by atoms with Gasteiger partial charge in [-0.2, -0.15) is 5.10 Å². The number of aromatic nitrogens is 2. The second-order valence-electron chi connectivity index (χ2n) is 5.05. The van der Waals surface area contributed by atoms with Gasteiger partial charge in [0, 0.05) is 23.3 Å². The summed E-state index contributed by atoms with van der Waals surface area (Å²) in [5, 5.41) is 4.31. The highest BCUT2D eigenvalue weighted by Crippen LogP contribution is 2.28. The summed E-state index contributed by atoms with van der Waals surface area (Å²) in [4.78, 5) is 0. The molecular formula is C16H21BrN2O. The number of nitrogens with zero attached hydrogens (tertiary/aromatic N) is 2. The Morgan fingerprint density at radius 3 is 2.55 bits per heavy atom. The molecule has 20 heavy (non-hydrogen) atoms. The molecule has 1 atom stereocenters. The Morgan fingerprint density at radius 2 is 2.00 bits per heavy atom. The van der Waals surface area contributed by atoms with Crippen LogP contribution in [0.5, 0.6) is 5.75 Å². The number of ether oxygens (including phenoxy) is 1. The fourth-order valence-corrected chi connectivity index (χ4v) is 3.13. The molecule has 0 aliphatic carbocycles. The molecule has 4 heteroatoms. The van der Waals surface area contributed by atoms with Gasteiger partial charge < -0.3 is 4.74 Å². The minimum absolute atomic E-state index is 0.404. The van der Waals surface area contributed by atoms with E-state index in [0.29, 0.717) is 12.6 Å². The van der Waals surface area contributed by atoms with Gasteiger partial charge in [-0.15, -0.1) is 0 Å². The molecule has 0 spiro atoms. The quantitative estimate of drug-likeness (QED) is 0.765. The fraction of sp³-hybridized carbons (Fsp3) is 0.438. The first-order chi connectivity index (χ1) is 9.61. The van der Waals surface area contributed by atoms with Crippen molar-refractivity contribution < 1.29 is 4.74 Å². The van der Waals surface area contributed by atoms with Crippen molar-refractivity contribution >= 4 is 15.9 Å². The molecule has 108 valence electrons. The van der Waals surface area contributed by atoms with Crippen LogP contribution in [0.15, 0.2) is 35.1 Å². The molecule has 1 unspecified atom stereocenters. The highest BCUT2D eigenvalue weighted by molar-refractivity contribution is 9.10. The highest BCUT2D eigenvalue weighted by atomic mass is 79.9. The number of halogens is 1. The molecule has 0 amide bonds. The van der Waals surface area contributed by atoms with Gasteiger partial charge in [0.1, 0.15) is 5.75 Å². The predicted molar refractivity (Wildman–Crippen MR) is 85.3 cm³/mol. The molecular weight excluding hydrogens is 316 g/mol. The van der Waals surface area contributed by atoms with Crippen LogP contribution in [0.1, 0.15) is 36.9 Å². The lowest BCUT2D eigenvalue weighted by Gasteiger charge is -2.17. The lowest BCUT2D eigenvalue weighted by atomic mass is 10.1. The van der Waals surface area contributed by atoms with Crippen molar-refractivity contribution in [1.82, 2.24) is 9.78 Å². The third-order valence-electron chi connectivity index (χ3n) is 3.49. The zero-order valence-electron chi connectivity index (χ0n) is 12.3. The van der Waals surface area contributed by atoms with Gasteiger partial charge in [-0.25, -0.2) is 0 Å². The lowest BCUT2D eigenvalue weighted by molar-refractivity contribution is 0.264. The van der Waals surface area contributed by atoms with Crippen molar-refractivity contribution in [2.45, 2.75) is 39.7 Å². The molecule has 1 aromatic heterocycles. The standard InChI is InChI=1S/C16H21BrN2O/c1-4-15(19-8-5-7-18-19)6-9-20-16-12(2)10-14(17)11-13(16)3/h5,7-8,10-11,15H,4,6,9H2,1-3H3. The van der Waals surface area contributed by atoms with Crippen LogP contribution < -0.4 is 4.74 Å². The summed E-state index contributed by atoms with van der Waals surface area (Å²) in [5.41, 5.74) is 2.34. The van der Waals surface area contributed by atoms with Crippen LogP contribution in [0.2, 0.25) is 0 Å². The van der Waals surface area contributed by atoms with Crippen LogP contribution >= 0.6 is 15.9 Å². The maximum Gasteiger partial charge on any atom is 0.125 e. The van der Waals surface area contributed by atoms with Crippen molar-refractivity contribution in [2.24, 2.45) is 0 Å². The van der Waals surface area contributed by atoms with E-state index < -0.39 is 0 Å². The molecule has 3 nitrogen and oxygen atoms in total. The van der Waals surface area contributed by atoms with Crippen LogP contribution in [0.25, 0.3) is 0 Å². The van der Waals surface area contributed by atoms with E-state index in [9.17, 15) is 0 Å². The molecule has 2 rings (SSSR count). The molecule has 0 N–H and O–H groups in total. The van der Waals surface area contributed by atoms with Crippen LogP contribution in [0.4, 0.5) is 0 Å². The van der Waals surface area contributed by atoms with Crippen LogP contribution in [0, 0.1) is 13.8 Å². The van der Waals surface area contributed by atoms with Gasteiger partial charge in [0.25, 0.3) is 0 Å². The summed E-state index contributed by atoms with van der Waals surface area (Å²) < 4.78 is 9.11. The summed E-state index contributed by atoms with van der Waals surface area (Å²) in [6.07, 6.45) is 5.87. The maximum atomic E-state index is 5.99. The molecule has 0 radical (unpaired) electrons. The van der Waals surface area contributed by atoms with Crippen molar-refractivity contribution in [1.29, 1.82) is 0 Å². The predicted octanol–water partition coefficient (Wildman–Crippen LogP) is 4.68. The number of benzene rings is 1. The van der Waals surface area contributed by atoms with E-state index in [1.807, 2.05) is 23.1 Å². The second kappa shape index (κ2) is 6.93. The van der Waals surface area contributed by atoms with Crippen LogP contribution in [-0.4, -0.2) is 16.4 Å². The van der Waals surface area contributed by atoms with E-state index >= 15 is 0 Å². The van der Waals surface area contributed by atoms with Crippen molar-refractivity contribution in [3.63, 3.8) is 0 Å². The van der Waals surface area contributed by atoms with Gasteiger partial charge in [0.2, 0.25) is 0 Å². The molecule has 0 fully saturated rings. The maximum absolute atomic E-state index is 5.99. The average molecular weight is 337 g/mol. The molecule has 0 bridgehead atoms. The van der Waals surface area contributed by atoms with Gasteiger partial charge in [0.15, 0.2) is 0 Å². The van der Waals surface area contributed by atoms with Crippen LogP contribution in [-0.2, 0) is 0 Å². The zero-order valence-corrected chi connectivity index (χ0v) is 13.9. The van der Waals surface area contributed by atoms with E-state index in [1.165, 1.54) is 11.1 Å². The molecule has 1 heterocycles. The molecule has 0 saturated heterocycles. The smallest absolute Gasteiger partial charge is 0.125 e. The summed E-state index contributed by atoms with van der Waals surface area (Å²) in [6, 6.07) is 6.55. The fourth-order valence-electron chi connectivity index (χ4n) is 2.44. The topological polar surface area (TPSA) is 27.1 Å². The first kappa shape index (κ1) is 15.1.